The first-order valence-corrected chi connectivity index (χ1v) is 21.0. The number of anilines is 6. The normalized spacial score (nSPS) is 12.4. The van der Waals surface area contributed by atoms with Gasteiger partial charge in [-0.25, -0.2) is 0 Å². The van der Waals surface area contributed by atoms with E-state index in [0.29, 0.717) is 0 Å². The van der Waals surface area contributed by atoms with Crippen molar-refractivity contribution in [1.82, 2.24) is 0 Å². The molecule has 13 rings (SSSR count). The Hall–Kier alpha value is -8.22. The van der Waals surface area contributed by atoms with Gasteiger partial charge in [0.15, 0.2) is 5.58 Å². The van der Waals surface area contributed by atoms with Crippen molar-refractivity contribution in [2.45, 2.75) is 0 Å². The molecule has 290 valence electrons. The number of hydrogen-bond donors (Lipinski definition) is 0. The Bertz CT molecular complexity index is 3510. The van der Waals surface area contributed by atoms with Crippen molar-refractivity contribution in [3.8, 4) is 23.0 Å². The van der Waals surface area contributed by atoms with E-state index < -0.39 is 0 Å². The molecule has 0 bridgehead atoms. The standard InChI is InChI=1S/C56H35BN2O3/c1-4-18-36(19-5-1)58(37-20-6-2-7-21-37)46-34-51-53(42-27-12-10-24-39(42)46)57-54-43-28-13-11-25-40(43)47(35-52(54)61-50-33-17-32-49(60-51)55(50)57)59(38-22-8-3-9-23-38)45-30-16-29-44-41-26-14-15-31-48(41)62-56(44)45/h1-35H. The van der Waals surface area contributed by atoms with Gasteiger partial charge in [0.05, 0.1) is 17.1 Å². The zero-order valence-electron chi connectivity index (χ0n) is 33.4. The molecule has 6 heteroatoms. The molecule has 0 saturated carbocycles. The minimum atomic E-state index is -0.183. The summed E-state index contributed by atoms with van der Waals surface area (Å²) < 4.78 is 20.8. The Labute approximate surface area is 358 Å². The van der Waals surface area contributed by atoms with Crippen molar-refractivity contribution >= 4 is 101 Å². The molecule has 5 nitrogen and oxygen atoms in total. The SMILES string of the molecule is c1ccc(N(c2ccccc2)c2cc3c(c4ccccc24)B2c4c(cccc4Oc4cc(N(c5ccccc5)c5cccc6c5oc5ccccc56)c5ccccc5c42)O3)cc1. The average molecular weight is 795 g/mol. The van der Waals surface area contributed by atoms with Crippen molar-refractivity contribution in [3.63, 3.8) is 0 Å². The highest BCUT2D eigenvalue weighted by Gasteiger charge is 2.43. The Kier molecular flexibility index (Phi) is 7.63. The van der Waals surface area contributed by atoms with E-state index in [0.717, 1.165) is 117 Å². The fourth-order valence-corrected chi connectivity index (χ4v) is 9.97. The zero-order chi connectivity index (χ0) is 40.7. The van der Waals surface area contributed by atoms with E-state index in [2.05, 4.69) is 204 Å². The molecule has 0 radical (unpaired) electrons. The molecule has 0 N–H and O–H groups in total. The molecular weight excluding hydrogens is 759 g/mol. The van der Waals surface area contributed by atoms with Crippen LogP contribution in [0.25, 0.3) is 43.5 Å². The average Bonchev–Trinajstić information content (AvgIpc) is 3.72. The van der Waals surface area contributed by atoms with Crippen molar-refractivity contribution in [1.29, 1.82) is 0 Å². The van der Waals surface area contributed by atoms with Gasteiger partial charge in [0.25, 0.3) is 6.71 Å². The molecule has 1 aromatic heterocycles. The molecule has 2 aliphatic heterocycles. The molecular formula is C56H35BN2O3. The second-order valence-electron chi connectivity index (χ2n) is 15.9. The maximum atomic E-state index is 7.10. The second kappa shape index (κ2) is 13.7. The molecule has 11 aromatic rings. The van der Waals surface area contributed by atoms with E-state index >= 15 is 0 Å². The van der Waals surface area contributed by atoms with Gasteiger partial charge in [-0.3, -0.25) is 0 Å². The summed E-state index contributed by atoms with van der Waals surface area (Å²) in [5, 5.41) is 6.63. The third-order valence-electron chi connectivity index (χ3n) is 12.5. The third-order valence-corrected chi connectivity index (χ3v) is 12.5. The second-order valence-corrected chi connectivity index (χ2v) is 15.9. The Morgan fingerprint density at radius 2 is 0.742 bits per heavy atom. The van der Waals surface area contributed by atoms with E-state index in [9.17, 15) is 0 Å². The van der Waals surface area contributed by atoms with Crippen molar-refractivity contribution in [2.75, 3.05) is 9.80 Å². The third kappa shape index (κ3) is 5.17. The number of para-hydroxylation sites is 5. The predicted octanol–water partition coefficient (Wildman–Crippen LogP) is 13.6. The van der Waals surface area contributed by atoms with E-state index in [4.69, 9.17) is 13.9 Å². The van der Waals surface area contributed by atoms with Gasteiger partial charge in [-0.2, -0.15) is 0 Å². The van der Waals surface area contributed by atoms with Gasteiger partial charge in [0, 0.05) is 56.2 Å². The molecule has 3 heterocycles. The van der Waals surface area contributed by atoms with Crippen LogP contribution in [0.4, 0.5) is 34.1 Å². The first-order chi connectivity index (χ1) is 30.8. The summed E-state index contributed by atoms with van der Waals surface area (Å²) in [6.45, 7) is -0.183. The molecule has 0 fully saturated rings. The summed E-state index contributed by atoms with van der Waals surface area (Å²) >= 11 is 0. The minimum absolute atomic E-state index is 0.183. The van der Waals surface area contributed by atoms with Gasteiger partial charge < -0.3 is 23.7 Å². The lowest BCUT2D eigenvalue weighted by Crippen LogP contribution is -2.58. The molecule has 0 unspecified atom stereocenters. The fourth-order valence-electron chi connectivity index (χ4n) is 9.97. The summed E-state index contributed by atoms with van der Waals surface area (Å²) in [6.07, 6.45) is 0. The molecule has 0 spiro atoms. The van der Waals surface area contributed by atoms with Crippen LogP contribution < -0.4 is 35.7 Å². The zero-order valence-corrected chi connectivity index (χ0v) is 33.4. The van der Waals surface area contributed by atoms with E-state index in [-0.39, 0.29) is 6.71 Å². The van der Waals surface area contributed by atoms with Gasteiger partial charge in [0.1, 0.15) is 28.6 Å². The van der Waals surface area contributed by atoms with Crippen LogP contribution >= 0.6 is 0 Å². The van der Waals surface area contributed by atoms with Crippen LogP contribution in [-0.2, 0) is 0 Å². The Morgan fingerprint density at radius 3 is 1.31 bits per heavy atom. The number of hydrogen-bond acceptors (Lipinski definition) is 5. The van der Waals surface area contributed by atoms with Crippen LogP contribution in [0.3, 0.4) is 0 Å². The fraction of sp³-hybridized carbons (Fsp3) is 0. The van der Waals surface area contributed by atoms with Crippen molar-refractivity contribution in [3.05, 3.63) is 212 Å². The van der Waals surface area contributed by atoms with E-state index in [1.807, 2.05) is 18.2 Å². The minimum Gasteiger partial charge on any atom is -0.458 e. The predicted molar refractivity (Wildman–Crippen MR) is 256 cm³/mol. The highest BCUT2D eigenvalue weighted by atomic mass is 16.5. The van der Waals surface area contributed by atoms with Crippen molar-refractivity contribution < 1.29 is 13.9 Å². The highest BCUT2D eigenvalue weighted by molar-refractivity contribution is 7.01. The van der Waals surface area contributed by atoms with Gasteiger partial charge in [-0.15, -0.1) is 0 Å². The van der Waals surface area contributed by atoms with Crippen LogP contribution in [0.15, 0.2) is 217 Å². The molecule has 0 aliphatic carbocycles. The summed E-state index contributed by atoms with van der Waals surface area (Å²) in [4.78, 5) is 4.65. The molecule has 2 aliphatic rings. The number of rotatable bonds is 6. The molecule has 62 heavy (non-hydrogen) atoms. The summed E-state index contributed by atoms with van der Waals surface area (Å²) in [5.41, 5.74) is 11.1. The van der Waals surface area contributed by atoms with Gasteiger partial charge in [-0.05, 0) is 82.4 Å². The number of benzene rings is 10. The van der Waals surface area contributed by atoms with Crippen LogP contribution in [0, 0.1) is 0 Å². The van der Waals surface area contributed by atoms with Crippen LogP contribution in [0.2, 0.25) is 0 Å². The molecule has 0 amide bonds. The number of nitrogens with zero attached hydrogens (tertiary/aromatic N) is 2. The molecule has 10 aromatic carbocycles. The quantitative estimate of drug-likeness (QED) is 0.157. The maximum Gasteiger partial charge on any atom is 0.262 e. The van der Waals surface area contributed by atoms with Crippen LogP contribution in [0.5, 0.6) is 23.0 Å². The lowest BCUT2D eigenvalue weighted by atomic mass is 9.33. The lowest BCUT2D eigenvalue weighted by Gasteiger charge is -2.36. The van der Waals surface area contributed by atoms with Gasteiger partial charge in [-0.1, -0.05) is 140 Å². The largest absolute Gasteiger partial charge is 0.458 e. The highest BCUT2D eigenvalue weighted by Crippen LogP contribution is 2.48. The van der Waals surface area contributed by atoms with Gasteiger partial charge in [0.2, 0.25) is 0 Å². The lowest BCUT2D eigenvalue weighted by molar-refractivity contribution is 0.465. The van der Waals surface area contributed by atoms with Gasteiger partial charge >= 0.3 is 0 Å². The summed E-state index contributed by atoms with van der Waals surface area (Å²) in [6, 6.07) is 74.6. The topological polar surface area (TPSA) is 38.1 Å². The van der Waals surface area contributed by atoms with Crippen molar-refractivity contribution in [2.24, 2.45) is 0 Å². The number of ether oxygens (including phenoxy) is 2. The first-order valence-electron chi connectivity index (χ1n) is 21.0. The summed E-state index contributed by atoms with van der Waals surface area (Å²) in [5.74, 6) is 3.23. The maximum absolute atomic E-state index is 7.10. The Morgan fingerprint density at radius 1 is 0.306 bits per heavy atom. The first kappa shape index (κ1) is 34.6. The van der Waals surface area contributed by atoms with E-state index in [1.165, 1.54) is 0 Å². The monoisotopic (exact) mass is 794 g/mol. The summed E-state index contributed by atoms with van der Waals surface area (Å²) in [7, 11) is 0. The number of furan rings is 1. The molecule has 0 saturated heterocycles. The van der Waals surface area contributed by atoms with E-state index in [1.54, 1.807) is 0 Å². The van der Waals surface area contributed by atoms with Crippen LogP contribution in [0.1, 0.15) is 0 Å². The number of fused-ring (bicyclic) bond motifs is 11. The smallest absolute Gasteiger partial charge is 0.262 e. The van der Waals surface area contributed by atoms with Crippen LogP contribution in [-0.4, -0.2) is 6.71 Å². The molecule has 0 atom stereocenters. The Balaban J connectivity index is 1.08.